The van der Waals surface area contributed by atoms with Gasteiger partial charge in [0, 0.05) is 24.4 Å². The molecule has 0 aliphatic rings. The van der Waals surface area contributed by atoms with E-state index in [0.29, 0.717) is 5.56 Å². The minimum Gasteiger partial charge on any atom is -0.481 e. The number of carboxylic acid groups (broad SMARTS) is 1. The zero-order chi connectivity index (χ0) is 23.8. The Bertz CT molecular complexity index is 1230. The summed E-state index contributed by atoms with van der Waals surface area (Å²) in [5, 5.41) is 9.27. The second kappa shape index (κ2) is 8.76. The van der Waals surface area contributed by atoms with Crippen molar-refractivity contribution in [3.8, 4) is 0 Å². The predicted octanol–water partition coefficient (Wildman–Crippen LogP) is 5.19. The molecule has 0 fully saturated rings. The average Bonchev–Trinajstić information content (AvgIpc) is 2.70. The number of nitrogens with zero attached hydrogens (tertiary/aromatic N) is 1. The highest BCUT2D eigenvalue weighted by Crippen LogP contribution is 2.37. The standard InChI is InChI=1S/C24H23F4NO3/c1-13(2)17(23(31)32)11-14-8-9-19(25)15(10-14)12-18-21(24(26,27)28)16-6-4-5-7-20(16)29(3)22(18)30/h4-10,13,17H,11-12H2,1-3H3,(H,31,32). The fourth-order valence-electron chi connectivity index (χ4n) is 3.99. The number of carboxylic acids is 1. The molecule has 3 aromatic rings. The van der Waals surface area contributed by atoms with Gasteiger partial charge in [-0.25, -0.2) is 4.39 Å². The summed E-state index contributed by atoms with van der Waals surface area (Å²) in [5.41, 5.74) is -1.96. The Hall–Kier alpha value is -3.16. The number of fused-ring (bicyclic) bond motifs is 1. The molecule has 2 aromatic carbocycles. The maximum Gasteiger partial charge on any atom is 0.417 e. The monoisotopic (exact) mass is 449 g/mol. The molecular formula is C24H23F4NO3. The van der Waals surface area contributed by atoms with E-state index in [1.807, 2.05) is 0 Å². The van der Waals surface area contributed by atoms with Crippen LogP contribution in [0, 0.1) is 17.7 Å². The van der Waals surface area contributed by atoms with Crippen molar-refractivity contribution in [2.24, 2.45) is 18.9 Å². The summed E-state index contributed by atoms with van der Waals surface area (Å²) in [4.78, 5) is 24.4. The summed E-state index contributed by atoms with van der Waals surface area (Å²) in [7, 11) is 1.38. The second-order valence-electron chi connectivity index (χ2n) is 8.23. The number of rotatable bonds is 6. The normalized spacial score (nSPS) is 13.0. The van der Waals surface area contributed by atoms with Crippen LogP contribution < -0.4 is 5.56 Å². The number of halogens is 4. The van der Waals surface area contributed by atoms with Crippen LogP contribution in [-0.4, -0.2) is 15.6 Å². The smallest absolute Gasteiger partial charge is 0.417 e. The molecule has 0 aliphatic heterocycles. The van der Waals surface area contributed by atoms with Gasteiger partial charge in [-0.1, -0.05) is 44.2 Å². The molecule has 8 heteroatoms. The zero-order valence-electron chi connectivity index (χ0n) is 17.8. The van der Waals surface area contributed by atoms with Crippen molar-refractivity contribution in [2.75, 3.05) is 0 Å². The minimum atomic E-state index is -4.82. The van der Waals surface area contributed by atoms with Crippen LogP contribution >= 0.6 is 0 Å². The van der Waals surface area contributed by atoms with Crippen LogP contribution in [0.15, 0.2) is 47.3 Å². The van der Waals surface area contributed by atoms with Crippen LogP contribution in [-0.2, 0) is 30.9 Å². The third kappa shape index (κ3) is 4.54. The summed E-state index contributed by atoms with van der Waals surface area (Å²) in [5.74, 6) is -2.68. The SMILES string of the molecule is CC(C)C(Cc1ccc(F)c(Cc2c(C(F)(F)F)c3ccccc3n(C)c2=O)c1)C(=O)O. The van der Waals surface area contributed by atoms with Gasteiger partial charge in [0.2, 0.25) is 0 Å². The van der Waals surface area contributed by atoms with Gasteiger partial charge in [0.25, 0.3) is 5.56 Å². The van der Waals surface area contributed by atoms with Gasteiger partial charge < -0.3 is 9.67 Å². The molecule has 32 heavy (non-hydrogen) atoms. The minimum absolute atomic E-state index is 0.0896. The molecule has 1 unspecified atom stereocenters. The van der Waals surface area contributed by atoms with Crippen LogP contribution in [0.5, 0.6) is 0 Å². The number of pyridine rings is 1. The molecule has 4 nitrogen and oxygen atoms in total. The first-order valence-electron chi connectivity index (χ1n) is 10.1. The molecule has 1 heterocycles. The van der Waals surface area contributed by atoms with E-state index in [9.17, 15) is 32.3 Å². The first-order chi connectivity index (χ1) is 14.9. The lowest BCUT2D eigenvalue weighted by molar-refractivity contribution is -0.143. The number of carbonyl (C=O) groups is 1. The van der Waals surface area contributed by atoms with Gasteiger partial charge in [-0.3, -0.25) is 9.59 Å². The Morgan fingerprint density at radius 3 is 2.38 bits per heavy atom. The van der Waals surface area contributed by atoms with Crippen LogP contribution in [0.25, 0.3) is 10.9 Å². The Balaban J connectivity index is 2.15. The molecule has 0 saturated heterocycles. The van der Waals surface area contributed by atoms with Gasteiger partial charge in [-0.05, 0) is 35.6 Å². The second-order valence-corrected chi connectivity index (χ2v) is 8.23. The zero-order valence-corrected chi connectivity index (χ0v) is 17.8. The fourth-order valence-corrected chi connectivity index (χ4v) is 3.99. The van der Waals surface area contributed by atoms with Crippen molar-refractivity contribution in [1.82, 2.24) is 4.57 Å². The number of alkyl halides is 3. The van der Waals surface area contributed by atoms with Crippen molar-refractivity contribution in [3.05, 3.63) is 80.9 Å². The van der Waals surface area contributed by atoms with Crippen molar-refractivity contribution in [3.63, 3.8) is 0 Å². The van der Waals surface area contributed by atoms with E-state index in [1.165, 1.54) is 37.4 Å². The number of aryl methyl sites for hydroxylation is 1. The lowest BCUT2D eigenvalue weighted by Crippen LogP contribution is -2.27. The van der Waals surface area contributed by atoms with Crippen LogP contribution in [0.3, 0.4) is 0 Å². The number of aliphatic carboxylic acids is 1. The van der Waals surface area contributed by atoms with E-state index in [2.05, 4.69) is 0 Å². The molecule has 0 aliphatic carbocycles. The van der Waals surface area contributed by atoms with E-state index < -0.39 is 47.0 Å². The first-order valence-corrected chi connectivity index (χ1v) is 10.1. The van der Waals surface area contributed by atoms with E-state index in [0.717, 1.165) is 10.6 Å². The Morgan fingerprint density at radius 1 is 1.12 bits per heavy atom. The van der Waals surface area contributed by atoms with Gasteiger partial charge in [0.05, 0.1) is 17.0 Å². The third-order valence-corrected chi connectivity index (χ3v) is 5.74. The van der Waals surface area contributed by atoms with E-state index >= 15 is 0 Å². The number of hydrogen-bond donors (Lipinski definition) is 1. The van der Waals surface area contributed by atoms with Crippen molar-refractivity contribution >= 4 is 16.9 Å². The number of hydrogen-bond acceptors (Lipinski definition) is 2. The fraction of sp³-hybridized carbons (Fsp3) is 0.333. The molecule has 0 spiro atoms. The predicted molar refractivity (Wildman–Crippen MR) is 113 cm³/mol. The van der Waals surface area contributed by atoms with Gasteiger partial charge in [-0.15, -0.1) is 0 Å². The number of benzene rings is 2. The van der Waals surface area contributed by atoms with Crippen molar-refractivity contribution in [2.45, 2.75) is 32.9 Å². The Labute approximate surface area is 182 Å². The van der Waals surface area contributed by atoms with E-state index in [1.54, 1.807) is 19.9 Å². The quantitative estimate of drug-likeness (QED) is 0.527. The highest BCUT2D eigenvalue weighted by molar-refractivity contribution is 5.84. The van der Waals surface area contributed by atoms with Gasteiger partial charge in [-0.2, -0.15) is 13.2 Å². The van der Waals surface area contributed by atoms with Crippen LogP contribution in [0.4, 0.5) is 17.6 Å². The van der Waals surface area contributed by atoms with Crippen molar-refractivity contribution < 1.29 is 27.5 Å². The summed E-state index contributed by atoms with van der Waals surface area (Å²) >= 11 is 0. The molecule has 3 rings (SSSR count). The molecule has 0 amide bonds. The number of aromatic nitrogens is 1. The Kier molecular flexibility index (Phi) is 6.44. The van der Waals surface area contributed by atoms with Gasteiger partial charge >= 0.3 is 12.1 Å². The largest absolute Gasteiger partial charge is 0.481 e. The molecule has 1 atom stereocenters. The molecular weight excluding hydrogens is 426 g/mol. The molecule has 0 saturated carbocycles. The molecule has 1 aromatic heterocycles. The molecule has 0 radical (unpaired) electrons. The topological polar surface area (TPSA) is 59.3 Å². The molecule has 170 valence electrons. The number of para-hydroxylation sites is 1. The first kappa shape index (κ1) is 23.5. The highest BCUT2D eigenvalue weighted by atomic mass is 19.4. The van der Waals surface area contributed by atoms with Crippen LogP contribution in [0.1, 0.15) is 36.1 Å². The Morgan fingerprint density at radius 2 is 1.78 bits per heavy atom. The highest BCUT2D eigenvalue weighted by Gasteiger charge is 2.37. The maximum atomic E-state index is 14.6. The lowest BCUT2D eigenvalue weighted by Gasteiger charge is -2.19. The maximum absolute atomic E-state index is 14.6. The average molecular weight is 449 g/mol. The van der Waals surface area contributed by atoms with Crippen LogP contribution in [0.2, 0.25) is 0 Å². The van der Waals surface area contributed by atoms with Gasteiger partial charge in [0.1, 0.15) is 5.82 Å². The summed E-state index contributed by atoms with van der Waals surface area (Å²) in [6.07, 6.45) is -5.28. The van der Waals surface area contributed by atoms with Gasteiger partial charge in [0.15, 0.2) is 0 Å². The van der Waals surface area contributed by atoms with E-state index in [4.69, 9.17) is 0 Å². The molecule has 0 bridgehead atoms. The summed E-state index contributed by atoms with van der Waals surface area (Å²) in [6, 6.07) is 9.57. The third-order valence-electron chi connectivity index (χ3n) is 5.74. The van der Waals surface area contributed by atoms with Crippen molar-refractivity contribution in [1.29, 1.82) is 0 Å². The molecule has 1 N–H and O–H groups in total. The summed E-state index contributed by atoms with van der Waals surface area (Å²) in [6.45, 7) is 3.50. The summed E-state index contributed by atoms with van der Waals surface area (Å²) < 4.78 is 57.7. The van der Waals surface area contributed by atoms with E-state index in [-0.39, 0.29) is 28.8 Å². The lowest BCUT2D eigenvalue weighted by atomic mass is 9.88.